The van der Waals surface area contributed by atoms with Crippen LogP contribution in [0.5, 0.6) is 5.75 Å². The highest BCUT2D eigenvalue weighted by molar-refractivity contribution is 5.94. The van der Waals surface area contributed by atoms with Gasteiger partial charge in [-0.25, -0.2) is 0 Å². The Morgan fingerprint density at radius 3 is 2.67 bits per heavy atom. The van der Waals surface area contributed by atoms with Gasteiger partial charge in [-0.05, 0) is 48.1 Å². The number of ether oxygens (including phenoxy) is 2. The van der Waals surface area contributed by atoms with Gasteiger partial charge < -0.3 is 14.8 Å². The highest BCUT2D eigenvalue weighted by atomic mass is 19.3. The fourth-order valence-electron chi connectivity index (χ4n) is 3.05. The summed E-state index contributed by atoms with van der Waals surface area (Å²) in [4.78, 5) is 23.9. The van der Waals surface area contributed by atoms with E-state index in [1.54, 1.807) is 6.07 Å². The third-order valence-electron chi connectivity index (χ3n) is 4.25. The van der Waals surface area contributed by atoms with Crippen LogP contribution in [0.1, 0.15) is 23.1 Å². The predicted molar refractivity (Wildman–Crippen MR) is 94.8 cm³/mol. The number of carbonyl (C=O) groups excluding carboxylic acids is 2. The van der Waals surface area contributed by atoms with E-state index in [2.05, 4.69) is 10.1 Å². The monoisotopic (exact) mass is 375 g/mol. The molecule has 0 saturated carbocycles. The number of carbonyl (C=O) groups is 2. The van der Waals surface area contributed by atoms with Gasteiger partial charge in [-0.15, -0.1) is 0 Å². The molecule has 3 rings (SSSR count). The van der Waals surface area contributed by atoms with Crippen LogP contribution in [0.2, 0.25) is 0 Å². The lowest BCUT2D eigenvalue weighted by Gasteiger charge is -2.12. The molecule has 0 unspecified atom stereocenters. The molecule has 2 aromatic carbocycles. The predicted octanol–water partition coefficient (Wildman–Crippen LogP) is 3.50. The Morgan fingerprint density at radius 1 is 1.07 bits per heavy atom. The number of rotatable bonds is 7. The SMILES string of the molecule is O=C(COC(=O)Cc1ccc2c(c1)CCC2)Nc1ccccc1OC(F)F. The van der Waals surface area contributed by atoms with E-state index in [-0.39, 0.29) is 17.9 Å². The number of alkyl halides is 2. The van der Waals surface area contributed by atoms with Crippen molar-refractivity contribution >= 4 is 17.6 Å². The van der Waals surface area contributed by atoms with Crippen molar-refractivity contribution in [1.82, 2.24) is 0 Å². The van der Waals surface area contributed by atoms with Crippen molar-refractivity contribution in [2.24, 2.45) is 0 Å². The molecule has 5 nitrogen and oxygen atoms in total. The molecule has 142 valence electrons. The van der Waals surface area contributed by atoms with Crippen molar-refractivity contribution in [2.45, 2.75) is 32.3 Å². The summed E-state index contributed by atoms with van der Waals surface area (Å²) in [6.45, 7) is -3.51. The van der Waals surface area contributed by atoms with Gasteiger partial charge in [0.15, 0.2) is 6.61 Å². The van der Waals surface area contributed by atoms with Crippen LogP contribution in [0.3, 0.4) is 0 Å². The summed E-state index contributed by atoms with van der Waals surface area (Å²) in [6.07, 6.45) is 3.28. The van der Waals surface area contributed by atoms with Crippen LogP contribution in [0.15, 0.2) is 42.5 Å². The number of amides is 1. The van der Waals surface area contributed by atoms with Crippen LogP contribution in [0.25, 0.3) is 0 Å². The van der Waals surface area contributed by atoms with Gasteiger partial charge in [0.25, 0.3) is 5.91 Å². The maximum Gasteiger partial charge on any atom is 0.387 e. The number of para-hydroxylation sites is 2. The topological polar surface area (TPSA) is 64.6 Å². The minimum absolute atomic E-state index is 0.0750. The summed E-state index contributed by atoms with van der Waals surface area (Å²) in [6, 6.07) is 11.7. The van der Waals surface area contributed by atoms with E-state index in [0.29, 0.717) is 0 Å². The summed E-state index contributed by atoms with van der Waals surface area (Å²) < 4.78 is 34.1. The summed E-state index contributed by atoms with van der Waals surface area (Å²) in [7, 11) is 0. The molecule has 0 aromatic heterocycles. The molecule has 1 aliphatic rings. The van der Waals surface area contributed by atoms with E-state index < -0.39 is 25.1 Å². The van der Waals surface area contributed by atoms with E-state index >= 15 is 0 Å². The van der Waals surface area contributed by atoms with Gasteiger partial charge in [0, 0.05) is 0 Å². The summed E-state index contributed by atoms with van der Waals surface area (Å²) in [5, 5.41) is 2.39. The molecule has 0 fully saturated rings. The summed E-state index contributed by atoms with van der Waals surface area (Å²) in [5.74, 6) is -1.33. The molecule has 1 aliphatic carbocycles. The van der Waals surface area contributed by atoms with Gasteiger partial charge in [-0.1, -0.05) is 30.3 Å². The Hall–Kier alpha value is -2.96. The van der Waals surface area contributed by atoms with Gasteiger partial charge in [0.1, 0.15) is 5.75 Å². The smallest absolute Gasteiger partial charge is 0.387 e. The number of aryl methyl sites for hydroxylation is 2. The van der Waals surface area contributed by atoms with Crippen molar-refractivity contribution in [1.29, 1.82) is 0 Å². The maximum atomic E-state index is 12.4. The standard InChI is InChI=1S/C20H19F2NO4/c21-20(22)27-17-7-2-1-6-16(17)23-18(24)12-26-19(25)11-13-8-9-14-4-3-5-15(14)10-13/h1-2,6-10,20H,3-5,11-12H2,(H,23,24). The van der Waals surface area contributed by atoms with Crippen LogP contribution < -0.4 is 10.1 Å². The summed E-state index contributed by atoms with van der Waals surface area (Å²) >= 11 is 0. The first-order valence-electron chi connectivity index (χ1n) is 8.61. The minimum atomic E-state index is -3.01. The van der Waals surface area contributed by atoms with Crippen molar-refractivity contribution in [3.63, 3.8) is 0 Å². The fraction of sp³-hybridized carbons (Fsp3) is 0.300. The second-order valence-electron chi connectivity index (χ2n) is 6.22. The van der Waals surface area contributed by atoms with Gasteiger partial charge in [-0.3, -0.25) is 9.59 Å². The highest BCUT2D eigenvalue weighted by Crippen LogP contribution is 2.25. The molecule has 0 heterocycles. The zero-order valence-electron chi connectivity index (χ0n) is 14.5. The van der Waals surface area contributed by atoms with Gasteiger partial charge in [0.2, 0.25) is 0 Å². The van der Waals surface area contributed by atoms with Crippen molar-refractivity contribution in [2.75, 3.05) is 11.9 Å². The molecule has 0 radical (unpaired) electrons. The second-order valence-corrected chi connectivity index (χ2v) is 6.22. The molecule has 0 saturated heterocycles. The maximum absolute atomic E-state index is 12.4. The van der Waals surface area contributed by atoms with E-state index in [1.807, 2.05) is 18.2 Å². The second kappa shape index (κ2) is 8.62. The largest absolute Gasteiger partial charge is 0.455 e. The fourth-order valence-corrected chi connectivity index (χ4v) is 3.05. The average Bonchev–Trinajstić information content (AvgIpc) is 3.09. The summed E-state index contributed by atoms with van der Waals surface area (Å²) in [5.41, 5.74) is 3.50. The third-order valence-corrected chi connectivity index (χ3v) is 4.25. The van der Waals surface area contributed by atoms with Crippen LogP contribution >= 0.6 is 0 Å². The van der Waals surface area contributed by atoms with Crippen LogP contribution in [0.4, 0.5) is 14.5 Å². The highest BCUT2D eigenvalue weighted by Gasteiger charge is 2.15. The first-order valence-corrected chi connectivity index (χ1v) is 8.61. The van der Waals surface area contributed by atoms with E-state index in [0.717, 1.165) is 24.8 Å². The molecule has 0 spiro atoms. The zero-order chi connectivity index (χ0) is 19.2. The van der Waals surface area contributed by atoms with Crippen LogP contribution in [0, 0.1) is 0 Å². The first kappa shape index (κ1) is 18.8. The number of benzene rings is 2. The molecule has 1 amide bonds. The Balaban J connectivity index is 1.50. The third kappa shape index (κ3) is 5.26. The van der Waals surface area contributed by atoms with Crippen molar-refractivity contribution in [3.8, 4) is 5.75 Å². The number of halogens is 2. The Labute approximate surface area is 155 Å². The van der Waals surface area contributed by atoms with Crippen LogP contribution in [-0.4, -0.2) is 25.1 Å². The quantitative estimate of drug-likeness (QED) is 0.753. The molecule has 1 N–H and O–H groups in total. The molecule has 7 heteroatoms. The molecule has 2 aromatic rings. The number of anilines is 1. The minimum Gasteiger partial charge on any atom is -0.455 e. The van der Waals surface area contributed by atoms with Crippen molar-refractivity contribution < 1.29 is 27.8 Å². The number of esters is 1. The first-order chi connectivity index (χ1) is 13.0. The van der Waals surface area contributed by atoms with E-state index in [1.165, 1.54) is 29.3 Å². The average molecular weight is 375 g/mol. The molecule has 0 bridgehead atoms. The normalized spacial score (nSPS) is 12.6. The molecular formula is C20H19F2NO4. The number of hydrogen-bond acceptors (Lipinski definition) is 4. The lowest BCUT2D eigenvalue weighted by molar-refractivity contribution is -0.146. The lowest BCUT2D eigenvalue weighted by Crippen LogP contribution is -2.22. The number of hydrogen-bond donors (Lipinski definition) is 1. The Morgan fingerprint density at radius 2 is 1.85 bits per heavy atom. The Bertz CT molecular complexity index is 838. The van der Waals surface area contributed by atoms with Gasteiger partial charge >= 0.3 is 12.6 Å². The number of fused-ring (bicyclic) bond motifs is 1. The molecular weight excluding hydrogens is 356 g/mol. The molecule has 0 aliphatic heterocycles. The Kier molecular flexibility index (Phi) is 6.01. The van der Waals surface area contributed by atoms with Gasteiger partial charge in [-0.2, -0.15) is 8.78 Å². The van der Waals surface area contributed by atoms with E-state index in [4.69, 9.17) is 4.74 Å². The van der Waals surface area contributed by atoms with Gasteiger partial charge in [0.05, 0.1) is 12.1 Å². The molecule has 27 heavy (non-hydrogen) atoms. The molecule has 0 atom stereocenters. The number of nitrogens with one attached hydrogen (secondary N) is 1. The van der Waals surface area contributed by atoms with E-state index in [9.17, 15) is 18.4 Å². The zero-order valence-corrected chi connectivity index (χ0v) is 14.5. The lowest BCUT2D eigenvalue weighted by atomic mass is 10.0. The van der Waals surface area contributed by atoms with Crippen LogP contribution in [-0.2, 0) is 33.6 Å². The van der Waals surface area contributed by atoms with Crippen molar-refractivity contribution in [3.05, 3.63) is 59.2 Å².